The van der Waals surface area contributed by atoms with Crippen LogP contribution in [0.3, 0.4) is 0 Å². The fourth-order valence-corrected chi connectivity index (χ4v) is 3.75. The minimum Gasteiger partial charge on any atom is -0.453 e. The molecule has 2 rings (SSSR count). The SMILES string of the molecule is CN[C@H](CNC(=O)c1cccc(COCCNC(=O)OC)c1-c1cccc(Cl)c1)CC(C)C. The summed E-state index contributed by atoms with van der Waals surface area (Å²) in [5.41, 5.74) is 3.04. The summed E-state index contributed by atoms with van der Waals surface area (Å²) >= 11 is 6.25. The first-order chi connectivity index (χ1) is 15.8. The fraction of sp³-hybridized carbons (Fsp3) is 0.440. The van der Waals surface area contributed by atoms with Crippen LogP contribution in [0.2, 0.25) is 5.02 Å². The molecule has 7 nitrogen and oxygen atoms in total. The van der Waals surface area contributed by atoms with E-state index < -0.39 is 6.09 Å². The summed E-state index contributed by atoms with van der Waals surface area (Å²) in [6.45, 7) is 5.75. The predicted molar refractivity (Wildman–Crippen MR) is 132 cm³/mol. The van der Waals surface area contributed by atoms with Crippen LogP contribution in [0.1, 0.15) is 36.2 Å². The average molecular weight is 476 g/mol. The number of carbonyl (C=O) groups excluding carboxylic acids is 2. The highest BCUT2D eigenvalue weighted by molar-refractivity contribution is 6.30. The molecule has 0 saturated carbocycles. The molecule has 8 heteroatoms. The van der Waals surface area contributed by atoms with Crippen molar-refractivity contribution in [2.45, 2.75) is 32.9 Å². The number of halogens is 1. The molecule has 0 aromatic heterocycles. The van der Waals surface area contributed by atoms with Crippen molar-refractivity contribution in [3.05, 3.63) is 58.6 Å². The van der Waals surface area contributed by atoms with E-state index in [4.69, 9.17) is 16.3 Å². The van der Waals surface area contributed by atoms with Gasteiger partial charge in [-0.1, -0.05) is 49.7 Å². The van der Waals surface area contributed by atoms with Crippen LogP contribution in [0.15, 0.2) is 42.5 Å². The highest BCUT2D eigenvalue weighted by Gasteiger charge is 2.18. The number of alkyl carbamates (subject to hydrolysis) is 1. The zero-order valence-electron chi connectivity index (χ0n) is 19.7. The van der Waals surface area contributed by atoms with Crippen molar-refractivity contribution in [3.63, 3.8) is 0 Å². The summed E-state index contributed by atoms with van der Waals surface area (Å²) < 4.78 is 10.3. The lowest BCUT2D eigenvalue weighted by atomic mass is 9.94. The monoisotopic (exact) mass is 475 g/mol. The molecule has 33 heavy (non-hydrogen) atoms. The van der Waals surface area contributed by atoms with Crippen LogP contribution < -0.4 is 16.0 Å². The molecule has 0 bridgehead atoms. The molecule has 0 saturated heterocycles. The molecule has 0 aliphatic rings. The van der Waals surface area contributed by atoms with Crippen LogP contribution >= 0.6 is 11.6 Å². The minimum atomic E-state index is -0.505. The first-order valence-corrected chi connectivity index (χ1v) is 11.5. The van der Waals surface area contributed by atoms with Crippen molar-refractivity contribution in [2.75, 3.05) is 33.9 Å². The molecule has 2 aromatic rings. The van der Waals surface area contributed by atoms with Gasteiger partial charge >= 0.3 is 6.09 Å². The van der Waals surface area contributed by atoms with E-state index in [1.807, 2.05) is 43.4 Å². The molecule has 0 fully saturated rings. The van der Waals surface area contributed by atoms with Gasteiger partial charge < -0.3 is 25.4 Å². The number of benzene rings is 2. The van der Waals surface area contributed by atoms with Gasteiger partial charge in [0, 0.05) is 29.7 Å². The Morgan fingerprint density at radius 3 is 2.52 bits per heavy atom. The van der Waals surface area contributed by atoms with Gasteiger partial charge in [0.05, 0.1) is 20.3 Å². The summed E-state index contributed by atoms with van der Waals surface area (Å²) in [7, 11) is 3.22. The van der Waals surface area contributed by atoms with Gasteiger partial charge in [0.25, 0.3) is 5.91 Å². The van der Waals surface area contributed by atoms with E-state index in [9.17, 15) is 9.59 Å². The fourth-order valence-electron chi connectivity index (χ4n) is 3.56. The lowest BCUT2D eigenvalue weighted by Crippen LogP contribution is -2.40. The zero-order valence-corrected chi connectivity index (χ0v) is 20.5. The summed E-state index contributed by atoms with van der Waals surface area (Å²) in [5.74, 6) is 0.374. The largest absolute Gasteiger partial charge is 0.453 e. The first-order valence-electron chi connectivity index (χ1n) is 11.1. The second-order valence-corrected chi connectivity index (χ2v) is 8.58. The number of hydrogen-bond donors (Lipinski definition) is 3. The quantitative estimate of drug-likeness (QED) is 0.399. The Morgan fingerprint density at radius 1 is 1.09 bits per heavy atom. The minimum absolute atomic E-state index is 0.150. The van der Waals surface area contributed by atoms with Gasteiger partial charge in [-0.3, -0.25) is 4.79 Å². The Balaban J connectivity index is 2.22. The van der Waals surface area contributed by atoms with Gasteiger partial charge in [-0.15, -0.1) is 0 Å². The van der Waals surface area contributed by atoms with Crippen molar-refractivity contribution in [3.8, 4) is 11.1 Å². The Labute approximate surface area is 201 Å². The summed E-state index contributed by atoms with van der Waals surface area (Å²) in [4.78, 5) is 24.4. The highest BCUT2D eigenvalue weighted by Crippen LogP contribution is 2.30. The molecule has 1 atom stereocenters. The number of likely N-dealkylation sites (N-methyl/N-ethyl adjacent to an activating group) is 1. The van der Waals surface area contributed by atoms with Crippen LogP contribution in [0.4, 0.5) is 4.79 Å². The topological polar surface area (TPSA) is 88.7 Å². The van der Waals surface area contributed by atoms with Gasteiger partial charge in [-0.25, -0.2) is 4.79 Å². The van der Waals surface area contributed by atoms with Gasteiger partial charge in [0.2, 0.25) is 0 Å². The molecule has 0 unspecified atom stereocenters. The number of methoxy groups -OCH3 is 1. The van der Waals surface area contributed by atoms with Crippen LogP contribution in [0.25, 0.3) is 11.1 Å². The van der Waals surface area contributed by atoms with Crippen LogP contribution in [-0.2, 0) is 16.1 Å². The number of amides is 2. The van der Waals surface area contributed by atoms with E-state index in [0.717, 1.165) is 23.1 Å². The number of ether oxygens (including phenoxy) is 2. The molecule has 2 amide bonds. The van der Waals surface area contributed by atoms with E-state index in [-0.39, 0.29) is 18.6 Å². The Bertz CT molecular complexity index is 920. The number of carbonyl (C=O) groups is 2. The molecule has 0 spiro atoms. The van der Waals surface area contributed by atoms with Crippen molar-refractivity contribution in [1.82, 2.24) is 16.0 Å². The van der Waals surface area contributed by atoms with Gasteiger partial charge in [-0.05, 0) is 54.3 Å². The van der Waals surface area contributed by atoms with E-state index in [0.29, 0.717) is 36.2 Å². The highest BCUT2D eigenvalue weighted by atomic mass is 35.5. The third-order valence-corrected chi connectivity index (χ3v) is 5.38. The van der Waals surface area contributed by atoms with Crippen LogP contribution in [-0.4, -0.2) is 51.9 Å². The Kier molecular flexibility index (Phi) is 11.2. The lowest BCUT2D eigenvalue weighted by Gasteiger charge is -2.20. The van der Waals surface area contributed by atoms with E-state index in [1.54, 1.807) is 6.07 Å². The summed E-state index contributed by atoms with van der Waals surface area (Å²) in [6, 6.07) is 13.2. The molecular weight excluding hydrogens is 442 g/mol. The van der Waals surface area contributed by atoms with E-state index in [2.05, 4.69) is 34.5 Å². The zero-order chi connectivity index (χ0) is 24.2. The molecule has 0 heterocycles. The van der Waals surface area contributed by atoms with Gasteiger partial charge in [-0.2, -0.15) is 0 Å². The second kappa shape index (κ2) is 13.8. The van der Waals surface area contributed by atoms with Gasteiger partial charge in [0.1, 0.15) is 0 Å². The molecule has 0 aliphatic carbocycles. The number of hydrogen-bond acceptors (Lipinski definition) is 5. The molecule has 180 valence electrons. The molecule has 0 radical (unpaired) electrons. The van der Waals surface area contributed by atoms with E-state index in [1.165, 1.54) is 7.11 Å². The maximum atomic E-state index is 13.2. The molecule has 0 aliphatic heterocycles. The Morgan fingerprint density at radius 2 is 1.85 bits per heavy atom. The third-order valence-electron chi connectivity index (χ3n) is 5.14. The average Bonchev–Trinajstić information content (AvgIpc) is 2.80. The smallest absolute Gasteiger partial charge is 0.406 e. The molecule has 2 aromatic carbocycles. The Hall–Kier alpha value is -2.61. The van der Waals surface area contributed by atoms with Gasteiger partial charge in [0.15, 0.2) is 0 Å². The lowest BCUT2D eigenvalue weighted by molar-refractivity contribution is 0.0948. The summed E-state index contributed by atoms with van der Waals surface area (Å²) in [5, 5.41) is 9.49. The first kappa shape index (κ1) is 26.6. The molecular formula is C25H34ClN3O4. The van der Waals surface area contributed by atoms with Crippen molar-refractivity contribution in [2.24, 2.45) is 5.92 Å². The normalized spacial score (nSPS) is 11.8. The van der Waals surface area contributed by atoms with Crippen LogP contribution in [0.5, 0.6) is 0 Å². The number of nitrogens with one attached hydrogen (secondary N) is 3. The maximum Gasteiger partial charge on any atom is 0.406 e. The standard InChI is InChI=1S/C25H34ClN3O4/c1-17(2)13-21(27-3)15-29-24(30)22-10-6-8-19(16-33-12-11-28-25(31)32-4)23(22)18-7-5-9-20(26)14-18/h5-10,14,17,21,27H,11-13,15-16H2,1-4H3,(H,28,31)(H,29,30)/t21-/m0/s1. The third kappa shape index (κ3) is 8.68. The van der Waals surface area contributed by atoms with E-state index >= 15 is 0 Å². The van der Waals surface area contributed by atoms with Crippen molar-refractivity contribution in [1.29, 1.82) is 0 Å². The maximum absolute atomic E-state index is 13.2. The predicted octanol–water partition coefficient (Wildman–Crippen LogP) is 4.24. The van der Waals surface area contributed by atoms with Crippen LogP contribution in [0, 0.1) is 5.92 Å². The molecule has 3 N–H and O–H groups in total. The van der Waals surface area contributed by atoms with Crippen molar-refractivity contribution >= 4 is 23.6 Å². The van der Waals surface area contributed by atoms with Crippen molar-refractivity contribution < 1.29 is 19.1 Å². The number of rotatable bonds is 12. The summed E-state index contributed by atoms with van der Waals surface area (Å²) in [6.07, 6.45) is 0.458. The second-order valence-electron chi connectivity index (χ2n) is 8.15.